The van der Waals surface area contributed by atoms with Crippen LogP contribution >= 0.6 is 0 Å². The standard InChI is InChI=1S/C12H21N3O5/c1-7-3-4-8(9(13)16)5-15(7)11(19)14-6-12(2,20)10(17)18/h7-8,20H,3-6H2,1-2H3,(H2,13,16)(H,14,19)(H,17,18). The van der Waals surface area contributed by atoms with E-state index in [0.29, 0.717) is 12.8 Å². The number of carbonyl (C=O) groups excluding carboxylic acids is 2. The van der Waals surface area contributed by atoms with Crippen molar-refractivity contribution in [2.24, 2.45) is 11.7 Å². The number of nitrogens with one attached hydrogen (secondary N) is 1. The van der Waals surface area contributed by atoms with Crippen LogP contribution in [0.5, 0.6) is 0 Å². The zero-order valence-corrected chi connectivity index (χ0v) is 11.6. The van der Waals surface area contributed by atoms with Gasteiger partial charge in [0.15, 0.2) is 5.60 Å². The van der Waals surface area contributed by atoms with Gasteiger partial charge in [-0.15, -0.1) is 0 Å². The lowest BCUT2D eigenvalue weighted by molar-refractivity contribution is -0.155. The molecule has 1 rings (SSSR count). The summed E-state index contributed by atoms with van der Waals surface area (Å²) in [5.74, 6) is -2.26. The predicted molar refractivity (Wildman–Crippen MR) is 69.7 cm³/mol. The van der Waals surface area contributed by atoms with E-state index >= 15 is 0 Å². The van der Waals surface area contributed by atoms with Crippen LogP contribution in [-0.2, 0) is 9.59 Å². The Morgan fingerprint density at radius 3 is 2.50 bits per heavy atom. The molecule has 1 fully saturated rings. The number of rotatable bonds is 4. The molecular formula is C12H21N3O5. The summed E-state index contributed by atoms with van der Waals surface area (Å²) in [5.41, 5.74) is 3.21. The zero-order chi connectivity index (χ0) is 15.5. The predicted octanol–water partition coefficient (Wildman–Crippen LogP) is -0.883. The van der Waals surface area contributed by atoms with Crippen LogP contribution < -0.4 is 11.1 Å². The second kappa shape index (κ2) is 6.08. The largest absolute Gasteiger partial charge is 0.479 e. The first-order valence-electron chi connectivity index (χ1n) is 6.44. The Bertz CT molecular complexity index is 410. The van der Waals surface area contributed by atoms with Crippen molar-refractivity contribution in [2.75, 3.05) is 13.1 Å². The van der Waals surface area contributed by atoms with Gasteiger partial charge in [0.05, 0.1) is 12.5 Å². The maximum atomic E-state index is 12.0. The number of piperidine rings is 1. The third-order valence-corrected chi connectivity index (χ3v) is 3.59. The Kier molecular flexibility index (Phi) is 4.93. The van der Waals surface area contributed by atoms with E-state index in [0.717, 1.165) is 6.92 Å². The number of primary amides is 1. The van der Waals surface area contributed by atoms with Gasteiger partial charge in [0, 0.05) is 12.6 Å². The Hall–Kier alpha value is -1.83. The molecule has 8 heteroatoms. The molecule has 0 saturated carbocycles. The minimum Gasteiger partial charge on any atom is -0.479 e. The van der Waals surface area contributed by atoms with Crippen molar-refractivity contribution >= 4 is 17.9 Å². The first-order chi connectivity index (χ1) is 9.15. The van der Waals surface area contributed by atoms with Crippen molar-refractivity contribution < 1.29 is 24.6 Å². The molecule has 1 saturated heterocycles. The molecule has 0 aromatic rings. The summed E-state index contributed by atoms with van der Waals surface area (Å²) in [4.78, 5) is 35.4. The Labute approximate surface area is 116 Å². The molecule has 0 bridgehead atoms. The number of aliphatic carboxylic acids is 1. The molecule has 1 heterocycles. The highest BCUT2D eigenvalue weighted by Gasteiger charge is 2.34. The average Bonchev–Trinajstić information content (AvgIpc) is 2.36. The SMILES string of the molecule is CC1CCC(C(N)=O)CN1C(=O)NCC(C)(O)C(=O)O. The molecule has 8 nitrogen and oxygen atoms in total. The summed E-state index contributed by atoms with van der Waals surface area (Å²) in [6, 6.07) is -0.578. The fourth-order valence-electron chi connectivity index (χ4n) is 2.05. The number of carboxylic acids is 1. The molecule has 0 spiro atoms. The van der Waals surface area contributed by atoms with Crippen LogP contribution in [0.25, 0.3) is 0 Å². The Morgan fingerprint density at radius 2 is 2.00 bits per heavy atom. The zero-order valence-electron chi connectivity index (χ0n) is 11.6. The van der Waals surface area contributed by atoms with Crippen molar-refractivity contribution in [3.63, 3.8) is 0 Å². The number of nitrogens with two attached hydrogens (primary N) is 1. The van der Waals surface area contributed by atoms with Gasteiger partial charge in [-0.3, -0.25) is 4.79 Å². The first kappa shape index (κ1) is 16.2. The fourth-order valence-corrected chi connectivity index (χ4v) is 2.05. The van der Waals surface area contributed by atoms with E-state index in [2.05, 4.69) is 5.32 Å². The van der Waals surface area contributed by atoms with Gasteiger partial charge in [-0.25, -0.2) is 9.59 Å². The van der Waals surface area contributed by atoms with Crippen molar-refractivity contribution in [1.82, 2.24) is 10.2 Å². The highest BCUT2D eigenvalue weighted by atomic mass is 16.4. The van der Waals surface area contributed by atoms with Crippen LogP contribution in [0.4, 0.5) is 4.79 Å². The van der Waals surface area contributed by atoms with Gasteiger partial charge >= 0.3 is 12.0 Å². The van der Waals surface area contributed by atoms with E-state index in [4.69, 9.17) is 10.8 Å². The van der Waals surface area contributed by atoms with Gasteiger partial charge in [-0.05, 0) is 26.7 Å². The molecule has 3 atom stereocenters. The summed E-state index contributed by atoms with van der Waals surface area (Å²) >= 11 is 0. The summed E-state index contributed by atoms with van der Waals surface area (Å²) < 4.78 is 0. The number of amides is 3. The van der Waals surface area contributed by atoms with Crippen molar-refractivity contribution in [3.05, 3.63) is 0 Å². The lowest BCUT2D eigenvalue weighted by atomic mass is 9.93. The number of aliphatic hydroxyl groups is 1. The van der Waals surface area contributed by atoms with Gasteiger partial charge in [0.1, 0.15) is 0 Å². The molecular weight excluding hydrogens is 266 g/mol. The molecule has 5 N–H and O–H groups in total. The van der Waals surface area contributed by atoms with Crippen LogP contribution in [0.15, 0.2) is 0 Å². The smallest absolute Gasteiger partial charge is 0.337 e. The summed E-state index contributed by atoms with van der Waals surface area (Å²) in [7, 11) is 0. The molecule has 20 heavy (non-hydrogen) atoms. The van der Waals surface area contributed by atoms with Gasteiger partial charge < -0.3 is 26.2 Å². The monoisotopic (exact) mass is 287 g/mol. The number of carboxylic acid groups (broad SMARTS) is 1. The summed E-state index contributed by atoms with van der Waals surface area (Å²) in [6.07, 6.45) is 1.28. The van der Waals surface area contributed by atoms with Gasteiger partial charge in [0.25, 0.3) is 0 Å². The van der Waals surface area contributed by atoms with Crippen LogP contribution in [0, 0.1) is 5.92 Å². The molecule has 1 aliphatic rings. The molecule has 3 amide bonds. The van der Waals surface area contributed by atoms with Crippen LogP contribution in [0.1, 0.15) is 26.7 Å². The van der Waals surface area contributed by atoms with E-state index in [1.54, 1.807) is 0 Å². The molecule has 0 radical (unpaired) electrons. The minimum atomic E-state index is -2.03. The Morgan fingerprint density at radius 1 is 1.40 bits per heavy atom. The van der Waals surface area contributed by atoms with Crippen LogP contribution in [0.2, 0.25) is 0 Å². The number of likely N-dealkylation sites (tertiary alicyclic amines) is 1. The normalized spacial score (nSPS) is 25.6. The highest BCUT2D eigenvalue weighted by Crippen LogP contribution is 2.21. The van der Waals surface area contributed by atoms with E-state index in [1.807, 2.05) is 6.92 Å². The number of hydrogen-bond acceptors (Lipinski definition) is 4. The summed E-state index contributed by atoms with van der Waals surface area (Å²) in [5, 5.41) is 20.7. The summed E-state index contributed by atoms with van der Waals surface area (Å²) in [6.45, 7) is 2.73. The van der Waals surface area contributed by atoms with E-state index in [9.17, 15) is 19.5 Å². The first-order valence-corrected chi connectivity index (χ1v) is 6.44. The quantitative estimate of drug-likeness (QED) is 0.532. The number of hydrogen-bond donors (Lipinski definition) is 4. The molecule has 0 aromatic carbocycles. The fraction of sp³-hybridized carbons (Fsp3) is 0.750. The van der Waals surface area contributed by atoms with Crippen LogP contribution in [0.3, 0.4) is 0 Å². The molecule has 0 aromatic heterocycles. The second-order valence-electron chi connectivity index (χ2n) is 5.42. The third kappa shape index (κ3) is 3.83. The minimum absolute atomic E-state index is 0.0691. The molecule has 0 aliphatic carbocycles. The average molecular weight is 287 g/mol. The topological polar surface area (TPSA) is 133 Å². The van der Waals surface area contributed by atoms with Gasteiger partial charge in [-0.1, -0.05) is 0 Å². The second-order valence-corrected chi connectivity index (χ2v) is 5.42. The number of nitrogens with zero attached hydrogens (tertiary/aromatic N) is 1. The number of carbonyl (C=O) groups is 3. The highest BCUT2D eigenvalue weighted by molar-refractivity contribution is 5.81. The number of urea groups is 1. The maximum Gasteiger partial charge on any atom is 0.337 e. The van der Waals surface area contributed by atoms with Crippen LogP contribution in [-0.4, -0.2) is 57.8 Å². The molecule has 1 aliphatic heterocycles. The lowest BCUT2D eigenvalue weighted by Crippen LogP contribution is -2.55. The molecule has 3 unspecified atom stereocenters. The maximum absolute atomic E-state index is 12.0. The van der Waals surface area contributed by atoms with Crippen molar-refractivity contribution in [1.29, 1.82) is 0 Å². The van der Waals surface area contributed by atoms with E-state index in [1.165, 1.54) is 4.90 Å². The van der Waals surface area contributed by atoms with E-state index < -0.39 is 36.0 Å². The Balaban J connectivity index is 2.61. The van der Waals surface area contributed by atoms with Gasteiger partial charge in [-0.2, -0.15) is 0 Å². The molecule has 114 valence electrons. The van der Waals surface area contributed by atoms with Crippen molar-refractivity contribution in [3.8, 4) is 0 Å². The lowest BCUT2D eigenvalue weighted by Gasteiger charge is -2.37. The van der Waals surface area contributed by atoms with Crippen molar-refractivity contribution in [2.45, 2.75) is 38.3 Å². The third-order valence-electron chi connectivity index (χ3n) is 3.59. The van der Waals surface area contributed by atoms with E-state index in [-0.39, 0.29) is 12.6 Å². The van der Waals surface area contributed by atoms with Gasteiger partial charge in [0.2, 0.25) is 5.91 Å².